The fourth-order valence-electron chi connectivity index (χ4n) is 4.43. The summed E-state index contributed by atoms with van der Waals surface area (Å²) in [5.74, 6) is -0.103. The van der Waals surface area contributed by atoms with Gasteiger partial charge in [-0.2, -0.15) is 0 Å². The Labute approximate surface area is 161 Å². The quantitative estimate of drug-likeness (QED) is 0.707. The molecule has 1 atom stereocenters. The third kappa shape index (κ3) is 4.87. The Morgan fingerprint density at radius 1 is 1.22 bits per heavy atom. The van der Waals surface area contributed by atoms with Crippen LogP contribution in [0, 0.1) is 11.3 Å². The van der Waals surface area contributed by atoms with E-state index in [1.165, 1.54) is 0 Å². The minimum atomic E-state index is -0.130. The Morgan fingerprint density at radius 3 is 2.67 bits per heavy atom. The maximum atomic E-state index is 12.7. The molecule has 1 unspecified atom stereocenters. The molecule has 2 amide bonds. The van der Waals surface area contributed by atoms with Crippen molar-refractivity contribution in [2.75, 3.05) is 40.0 Å². The van der Waals surface area contributed by atoms with Gasteiger partial charge in [-0.05, 0) is 18.4 Å². The van der Waals surface area contributed by atoms with Crippen LogP contribution < -0.4 is 5.32 Å². The zero-order valence-corrected chi connectivity index (χ0v) is 16.1. The number of nitrogens with one attached hydrogen (secondary N) is 1. The van der Waals surface area contributed by atoms with E-state index in [1.807, 2.05) is 35.2 Å². The Hall–Kier alpha value is -1.92. The summed E-state index contributed by atoms with van der Waals surface area (Å²) >= 11 is 0. The van der Waals surface area contributed by atoms with E-state index in [0.29, 0.717) is 32.8 Å². The second-order valence-electron chi connectivity index (χ2n) is 7.66. The van der Waals surface area contributed by atoms with Crippen LogP contribution in [-0.4, -0.2) is 56.7 Å². The molecule has 3 rings (SSSR count). The maximum Gasteiger partial charge on any atom is 0.248 e. The molecule has 6 nitrogen and oxygen atoms in total. The van der Waals surface area contributed by atoms with Crippen LogP contribution in [0.5, 0.6) is 0 Å². The lowest BCUT2D eigenvalue weighted by molar-refractivity contribution is -0.136. The molecular weight excluding hydrogens is 344 g/mol. The summed E-state index contributed by atoms with van der Waals surface area (Å²) in [7, 11) is 1.62. The highest BCUT2D eigenvalue weighted by Crippen LogP contribution is 2.49. The van der Waals surface area contributed by atoms with Gasteiger partial charge in [-0.3, -0.25) is 9.59 Å². The van der Waals surface area contributed by atoms with Gasteiger partial charge in [0.25, 0.3) is 0 Å². The molecule has 0 radical (unpaired) electrons. The molecule has 1 spiro atoms. The number of benzene rings is 1. The van der Waals surface area contributed by atoms with Gasteiger partial charge in [-0.1, -0.05) is 43.2 Å². The number of carbonyl (C=O) groups is 2. The number of likely N-dealkylation sites (tertiary alicyclic amines) is 1. The van der Waals surface area contributed by atoms with Gasteiger partial charge in [0.05, 0.1) is 19.1 Å². The van der Waals surface area contributed by atoms with Gasteiger partial charge < -0.3 is 19.7 Å². The van der Waals surface area contributed by atoms with E-state index in [1.54, 1.807) is 7.11 Å². The van der Waals surface area contributed by atoms with Crippen molar-refractivity contribution in [2.24, 2.45) is 11.3 Å². The number of ether oxygens (including phenoxy) is 2. The second-order valence-corrected chi connectivity index (χ2v) is 7.66. The molecule has 1 aliphatic heterocycles. The fourth-order valence-corrected chi connectivity index (χ4v) is 4.43. The van der Waals surface area contributed by atoms with Crippen LogP contribution in [0.25, 0.3) is 0 Å². The van der Waals surface area contributed by atoms with Crippen molar-refractivity contribution in [3.8, 4) is 0 Å². The van der Waals surface area contributed by atoms with E-state index >= 15 is 0 Å². The standard InChI is InChI=1S/C21H30N2O4/c1-26-12-11-22-20(25)18-13-23(16-21(18)9-5-6-10-21)19(24)15-27-14-17-7-3-2-4-8-17/h2-4,7-8,18H,5-6,9-16H2,1H3,(H,22,25). The summed E-state index contributed by atoms with van der Waals surface area (Å²) in [5, 5.41) is 2.97. The molecule has 1 heterocycles. The van der Waals surface area contributed by atoms with E-state index in [9.17, 15) is 9.59 Å². The van der Waals surface area contributed by atoms with Crippen molar-refractivity contribution in [1.29, 1.82) is 0 Å². The number of rotatable bonds is 8. The lowest BCUT2D eigenvalue weighted by atomic mass is 9.76. The molecule has 148 valence electrons. The molecule has 1 aliphatic carbocycles. The van der Waals surface area contributed by atoms with E-state index in [2.05, 4.69) is 5.32 Å². The first kappa shape index (κ1) is 19.8. The van der Waals surface area contributed by atoms with Crippen molar-refractivity contribution in [1.82, 2.24) is 10.2 Å². The molecule has 1 N–H and O–H groups in total. The van der Waals surface area contributed by atoms with Gasteiger partial charge in [-0.25, -0.2) is 0 Å². The molecule has 1 aromatic carbocycles. The van der Waals surface area contributed by atoms with Crippen molar-refractivity contribution >= 4 is 11.8 Å². The maximum absolute atomic E-state index is 12.7. The summed E-state index contributed by atoms with van der Waals surface area (Å²) < 4.78 is 10.6. The molecular formula is C21H30N2O4. The van der Waals surface area contributed by atoms with Crippen molar-refractivity contribution < 1.29 is 19.1 Å². The molecule has 0 aromatic heterocycles. The lowest BCUT2D eigenvalue weighted by Crippen LogP contribution is -2.41. The van der Waals surface area contributed by atoms with Gasteiger partial charge in [-0.15, -0.1) is 0 Å². The van der Waals surface area contributed by atoms with Crippen LogP contribution in [0.3, 0.4) is 0 Å². The van der Waals surface area contributed by atoms with E-state index in [0.717, 1.165) is 31.2 Å². The van der Waals surface area contributed by atoms with Crippen LogP contribution in [0.4, 0.5) is 0 Å². The summed E-state index contributed by atoms with van der Waals surface area (Å²) in [4.78, 5) is 27.2. The number of hydrogen-bond donors (Lipinski definition) is 1. The average Bonchev–Trinajstić information content (AvgIpc) is 3.30. The Morgan fingerprint density at radius 2 is 1.96 bits per heavy atom. The topological polar surface area (TPSA) is 67.9 Å². The van der Waals surface area contributed by atoms with Gasteiger partial charge in [0, 0.05) is 32.2 Å². The Kier molecular flexibility index (Phi) is 6.85. The SMILES string of the molecule is COCCNC(=O)C1CN(C(=O)COCc2ccccc2)CC12CCCC2. The number of carbonyl (C=O) groups excluding carboxylic acids is 2. The number of methoxy groups -OCH3 is 1. The molecule has 2 aliphatic rings. The molecule has 2 fully saturated rings. The highest BCUT2D eigenvalue weighted by atomic mass is 16.5. The predicted octanol–water partition coefficient (Wildman–Crippen LogP) is 1.98. The molecule has 27 heavy (non-hydrogen) atoms. The molecule has 0 bridgehead atoms. The smallest absolute Gasteiger partial charge is 0.248 e. The van der Waals surface area contributed by atoms with Crippen LogP contribution in [-0.2, 0) is 25.7 Å². The third-order valence-electron chi connectivity index (χ3n) is 5.86. The molecule has 1 aromatic rings. The van der Waals surface area contributed by atoms with Crippen LogP contribution in [0.1, 0.15) is 31.2 Å². The summed E-state index contributed by atoms with van der Waals surface area (Å²) in [5.41, 5.74) is 0.987. The normalized spacial score (nSPS) is 20.9. The lowest BCUT2D eigenvalue weighted by Gasteiger charge is -2.28. The van der Waals surface area contributed by atoms with Gasteiger partial charge in [0.2, 0.25) is 11.8 Å². The zero-order chi connectivity index (χ0) is 19.1. The van der Waals surface area contributed by atoms with Crippen LogP contribution in [0.2, 0.25) is 0 Å². The highest BCUT2D eigenvalue weighted by molar-refractivity contribution is 5.83. The van der Waals surface area contributed by atoms with E-state index in [4.69, 9.17) is 9.47 Å². The third-order valence-corrected chi connectivity index (χ3v) is 5.86. The summed E-state index contributed by atoms with van der Waals surface area (Å²) in [6, 6.07) is 9.83. The summed E-state index contributed by atoms with van der Waals surface area (Å²) in [6.45, 7) is 2.65. The van der Waals surface area contributed by atoms with Crippen LogP contribution >= 0.6 is 0 Å². The van der Waals surface area contributed by atoms with Gasteiger partial charge in [0.15, 0.2) is 0 Å². The first-order valence-corrected chi connectivity index (χ1v) is 9.81. The van der Waals surface area contributed by atoms with Gasteiger partial charge in [0.1, 0.15) is 6.61 Å². The number of hydrogen-bond acceptors (Lipinski definition) is 4. The zero-order valence-electron chi connectivity index (χ0n) is 16.1. The highest BCUT2D eigenvalue weighted by Gasteiger charge is 2.52. The Balaban J connectivity index is 1.54. The largest absolute Gasteiger partial charge is 0.383 e. The van der Waals surface area contributed by atoms with Crippen molar-refractivity contribution in [2.45, 2.75) is 32.3 Å². The van der Waals surface area contributed by atoms with Crippen molar-refractivity contribution in [3.05, 3.63) is 35.9 Å². The molecule has 1 saturated heterocycles. The fraction of sp³-hybridized carbons (Fsp3) is 0.619. The van der Waals surface area contributed by atoms with E-state index < -0.39 is 0 Å². The van der Waals surface area contributed by atoms with E-state index in [-0.39, 0.29) is 29.8 Å². The second kappa shape index (κ2) is 9.33. The predicted molar refractivity (Wildman–Crippen MR) is 102 cm³/mol. The average molecular weight is 374 g/mol. The molecule has 1 saturated carbocycles. The van der Waals surface area contributed by atoms with Gasteiger partial charge >= 0.3 is 0 Å². The Bertz CT molecular complexity index is 628. The summed E-state index contributed by atoms with van der Waals surface area (Å²) in [6.07, 6.45) is 4.30. The first-order valence-electron chi connectivity index (χ1n) is 9.81. The minimum absolute atomic E-state index is 0.0237. The number of nitrogens with zero attached hydrogens (tertiary/aromatic N) is 1. The van der Waals surface area contributed by atoms with Crippen molar-refractivity contribution in [3.63, 3.8) is 0 Å². The monoisotopic (exact) mass is 374 g/mol. The first-order chi connectivity index (χ1) is 13.1. The van der Waals surface area contributed by atoms with Crippen LogP contribution in [0.15, 0.2) is 30.3 Å². The minimum Gasteiger partial charge on any atom is -0.383 e. The number of amides is 2. The molecule has 6 heteroatoms.